The van der Waals surface area contributed by atoms with Gasteiger partial charge in [-0.25, -0.2) is 4.79 Å². The predicted molar refractivity (Wildman–Crippen MR) is 158 cm³/mol. The standard InChI is InChI=1S/C34H38N2O4/c1-20(2)29(32(39)40)36-19-24-8-7-22(17-26(24)31(36)38)21-9-12-25(13-10-21)35-30(37)23-11-14-27-28(18-23)34(5,6)16-15-33(27,3)4/h7-14,17-18,20,29H,15-16,19H2,1-6H3,(H,35,37)(H,39,40). The number of anilines is 1. The zero-order valence-electron chi connectivity index (χ0n) is 24.2. The molecule has 40 heavy (non-hydrogen) atoms. The number of carbonyl (C=O) groups is 3. The minimum Gasteiger partial charge on any atom is -0.480 e. The lowest BCUT2D eigenvalue weighted by Gasteiger charge is -2.42. The van der Waals surface area contributed by atoms with Gasteiger partial charge in [0.05, 0.1) is 0 Å². The average Bonchev–Trinajstić information content (AvgIpc) is 3.21. The Bertz CT molecular complexity index is 1500. The Morgan fingerprint density at radius 2 is 1.48 bits per heavy atom. The summed E-state index contributed by atoms with van der Waals surface area (Å²) in [6.07, 6.45) is 2.21. The summed E-state index contributed by atoms with van der Waals surface area (Å²) in [6.45, 7) is 13.0. The summed E-state index contributed by atoms with van der Waals surface area (Å²) in [6, 6.07) is 18.5. The molecule has 6 heteroatoms. The first-order valence-corrected chi connectivity index (χ1v) is 14.0. The Hall–Kier alpha value is -3.93. The largest absolute Gasteiger partial charge is 0.480 e. The second kappa shape index (κ2) is 9.92. The van der Waals surface area contributed by atoms with E-state index >= 15 is 0 Å². The summed E-state index contributed by atoms with van der Waals surface area (Å²) in [4.78, 5) is 39.6. The van der Waals surface area contributed by atoms with Gasteiger partial charge in [-0.2, -0.15) is 0 Å². The number of nitrogens with one attached hydrogen (secondary N) is 1. The van der Waals surface area contributed by atoms with Crippen molar-refractivity contribution in [1.29, 1.82) is 0 Å². The highest BCUT2D eigenvalue weighted by Crippen LogP contribution is 2.46. The second-order valence-corrected chi connectivity index (χ2v) is 12.9. The van der Waals surface area contributed by atoms with Gasteiger partial charge in [-0.15, -0.1) is 0 Å². The Kier molecular flexibility index (Phi) is 6.85. The van der Waals surface area contributed by atoms with Crippen molar-refractivity contribution >= 4 is 23.5 Å². The molecule has 3 aromatic carbocycles. The topological polar surface area (TPSA) is 86.7 Å². The molecule has 5 rings (SSSR count). The lowest BCUT2D eigenvalue weighted by atomic mass is 9.63. The van der Waals surface area contributed by atoms with E-state index in [0.29, 0.717) is 23.4 Å². The van der Waals surface area contributed by atoms with E-state index in [4.69, 9.17) is 0 Å². The van der Waals surface area contributed by atoms with Gasteiger partial charge in [-0.05, 0) is 87.7 Å². The molecule has 2 amide bonds. The molecule has 1 heterocycles. The van der Waals surface area contributed by atoms with Gasteiger partial charge in [-0.1, -0.05) is 71.9 Å². The number of amides is 2. The molecule has 3 aromatic rings. The molecule has 6 nitrogen and oxygen atoms in total. The van der Waals surface area contributed by atoms with Crippen LogP contribution in [0.1, 0.15) is 91.8 Å². The minimum atomic E-state index is -0.989. The maximum Gasteiger partial charge on any atom is 0.326 e. The van der Waals surface area contributed by atoms with Crippen LogP contribution in [0.3, 0.4) is 0 Å². The highest BCUT2D eigenvalue weighted by atomic mass is 16.4. The van der Waals surface area contributed by atoms with Crippen molar-refractivity contribution in [3.05, 3.63) is 88.5 Å². The normalized spacial score (nSPS) is 17.8. The van der Waals surface area contributed by atoms with E-state index in [1.807, 2.05) is 62.4 Å². The molecule has 2 N–H and O–H groups in total. The molecule has 2 aliphatic rings. The van der Waals surface area contributed by atoms with Crippen molar-refractivity contribution in [1.82, 2.24) is 4.90 Å². The smallest absolute Gasteiger partial charge is 0.326 e. The molecule has 0 bridgehead atoms. The molecule has 1 atom stereocenters. The van der Waals surface area contributed by atoms with Crippen molar-refractivity contribution in [3.8, 4) is 11.1 Å². The predicted octanol–water partition coefficient (Wildman–Crippen LogP) is 7.02. The van der Waals surface area contributed by atoms with Gasteiger partial charge in [-0.3, -0.25) is 9.59 Å². The quantitative estimate of drug-likeness (QED) is 0.353. The average molecular weight is 539 g/mol. The van der Waals surface area contributed by atoms with Crippen LogP contribution >= 0.6 is 0 Å². The molecule has 1 unspecified atom stereocenters. The van der Waals surface area contributed by atoms with E-state index in [2.05, 4.69) is 45.1 Å². The third-order valence-corrected chi connectivity index (χ3v) is 8.75. The second-order valence-electron chi connectivity index (χ2n) is 12.9. The fourth-order valence-electron chi connectivity index (χ4n) is 6.19. The monoisotopic (exact) mass is 538 g/mol. The zero-order chi connectivity index (χ0) is 29.0. The molecule has 1 aliphatic heterocycles. The van der Waals surface area contributed by atoms with Gasteiger partial charge in [0.25, 0.3) is 11.8 Å². The van der Waals surface area contributed by atoms with Crippen molar-refractivity contribution in [2.45, 2.75) is 77.8 Å². The summed E-state index contributed by atoms with van der Waals surface area (Å²) in [7, 11) is 0. The summed E-state index contributed by atoms with van der Waals surface area (Å²) >= 11 is 0. The Morgan fingerprint density at radius 1 is 0.850 bits per heavy atom. The number of hydrogen-bond donors (Lipinski definition) is 2. The zero-order valence-corrected chi connectivity index (χ0v) is 24.2. The van der Waals surface area contributed by atoms with Crippen LogP contribution in [0.5, 0.6) is 0 Å². The van der Waals surface area contributed by atoms with Gasteiger partial charge < -0.3 is 15.3 Å². The number of fused-ring (bicyclic) bond motifs is 2. The van der Waals surface area contributed by atoms with E-state index in [1.165, 1.54) is 16.0 Å². The molecule has 0 radical (unpaired) electrons. The van der Waals surface area contributed by atoms with Crippen LogP contribution < -0.4 is 5.32 Å². The number of benzene rings is 3. The van der Waals surface area contributed by atoms with E-state index in [-0.39, 0.29) is 28.6 Å². The lowest BCUT2D eigenvalue weighted by molar-refractivity contribution is -0.144. The van der Waals surface area contributed by atoms with Gasteiger partial charge in [0.1, 0.15) is 6.04 Å². The van der Waals surface area contributed by atoms with Gasteiger partial charge >= 0.3 is 5.97 Å². The number of carbonyl (C=O) groups excluding carboxylic acids is 2. The van der Waals surface area contributed by atoms with Crippen molar-refractivity contribution in [2.24, 2.45) is 5.92 Å². The maximum absolute atomic E-state index is 13.2. The molecular formula is C34H38N2O4. The molecule has 0 aromatic heterocycles. The van der Waals surface area contributed by atoms with E-state index in [1.54, 1.807) is 0 Å². The molecule has 0 fully saturated rings. The van der Waals surface area contributed by atoms with Crippen LogP contribution in [0, 0.1) is 5.92 Å². The van der Waals surface area contributed by atoms with Crippen LogP contribution in [0.25, 0.3) is 11.1 Å². The van der Waals surface area contributed by atoms with Crippen LogP contribution in [0.15, 0.2) is 60.7 Å². The molecule has 0 saturated carbocycles. The van der Waals surface area contributed by atoms with E-state index < -0.39 is 12.0 Å². The van der Waals surface area contributed by atoms with E-state index in [0.717, 1.165) is 29.5 Å². The fourth-order valence-corrected chi connectivity index (χ4v) is 6.19. The molecule has 208 valence electrons. The third kappa shape index (κ3) is 4.91. The van der Waals surface area contributed by atoms with Crippen LogP contribution in [-0.2, 0) is 22.2 Å². The summed E-state index contributed by atoms with van der Waals surface area (Å²) in [5, 5.41) is 12.7. The summed E-state index contributed by atoms with van der Waals surface area (Å²) < 4.78 is 0. The fraction of sp³-hybridized carbons (Fsp3) is 0.382. The van der Waals surface area contributed by atoms with Crippen molar-refractivity contribution in [3.63, 3.8) is 0 Å². The number of hydrogen-bond acceptors (Lipinski definition) is 3. The maximum atomic E-state index is 13.2. The third-order valence-electron chi connectivity index (χ3n) is 8.75. The van der Waals surface area contributed by atoms with E-state index in [9.17, 15) is 19.5 Å². The number of nitrogens with zero attached hydrogens (tertiary/aromatic N) is 1. The SMILES string of the molecule is CC(C)C(C(=O)O)N1Cc2ccc(-c3ccc(NC(=O)c4ccc5c(c4)C(C)(C)CCC5(C)C)cc3)cc2C1=O. The van der Waals surface area contributed by atoms with Crippen molar-refractivity contribution < 1.29 is 19.5 Å². The first-order chi connectivity index (χ1) is 18.8. The first kappa shape index (κ1) is 27.6. The molecule has 1 aliphatic carbocycles. The van der Waals surface area contributed by atoms with Gasteiger partial charge in [0, 0.05) is 23.4 Å². The molecular weight excluding hydrogens is 500 g/mol. The van der Waals surface area contributed by atoms with Crippen molar-refractivity contribution in [2.75, 3.05) is 5.32 Å². The van der Waals surface area contributed by atoms with Gasteiger partial charge in [0.2, 0.25) is 0 Å². The van der Waals surface area contributed by atoms with Crippen LogP contribution in [-0.4, -0.2) is 33.8 Å². The Balaban J connectivity index is 1.33. The van der Waals surface area contributed by atoms with Crippen LogP contribution in [0.2, 0.25) is 0 Å². The summed E-state index contributed by atoms with van der Waals surface area (Å²) in [5.41, 5.74) is 7.19. The molecule has 0 saturated heterocycles. The van der Waals surface area contributed by atoms with Gasteiger partial charge in [0.15, 0.2) is 0 Å². The number of aliphatic carboxylic acids is 1. The number of carboxylic acid groups (broad SMARTS) is 1. The first-order valence-electron chi connectivity index (χ1n) is 14.0. The number of rotatable bonds is 6. The Morgan fingerprint density at radius 3 is 2.10 bits per heavy atom. The summed E-state index contributed by atoms with van der Waals surface area (Å²) in [5.74, 6) is -1.58. The highest BCUT2D eigenvalue weighted by molar-refractivity contribution is 6.05. The molecule has 0 spiro atoms. The Labute approximate surface area is 236 Å². The number of carboxylic acids is 1. The van der Waals surface area contributed by atoms with Crippen LogP contribution in [0.4, 0.5) is 5.69 Å². The highest BCUT2D eigenvalue weighted by Gasteiger charge is 2.39. The lowest BCUT2D eigenvalue weighted by Crippen LogP contribution is -2.44. The minimum absolute atomic E-state index is 0.0282.